The summed E-state index contributed by atoms with van der Waals surface area (Å²) < 4.78 is 5.44. The number of benzene rings is 1. The molecule has 0 amide bonds. The van der Waals surface area contributed by atoms with Crippen molar-refractivity contribution in [2.24, 2.45) is 0 Å². The van der Waals surface area contributed by atoms with E-state index < -0.39 is 0 Å². The van der Waals surface area contributed by atoms with Gasteiger partial charge in [0.1, 0.15) is 5.75 Å². The molecule has 2 nitrogen and oxygen atoms in total. The third-order valence-electron chi connectivity index (χ3n) is 1.94. The van der Waals surface area contributed by atoms with Crippen LogP contribution >= 0.6 is 25.0 Å². The van der Waals surface area contributed by atoms with Crippen LogP contribution in [0.25, 0.3) is 0 Å². The van der Waals surface area contributed by atoms with Crippen LogP contribution in [0.4, 0.5) is 0 Å². The van der Waals surface area contributed by atoms with Crippen molar-refractivity contribution in [2.75, 3.05) is 6.61 Å². The van der Waals surface area contributed by atoms with Gasteiger partial charge in [0.2, 0.25) is 0 Å². The zero-order chi connectivity index (χ0) is 9.26. The Labute approximate surface area is 87.9 Å². The van der Waals surface area contributed by atoms with E-state index in [-0.39, 0.29) is 5.78 Å². The van der Waals surface area contributed by atoms with Gasteiger partial charge >= 0.3 is 0 Å². The van der Waals surface area contributed by atoms with E-state index in [9.17, 15) is 4.79 Å². The summed E-state index contributed by atoms with van der Waals surface area (Å²) in [5.74, 6) is 0.894. The SMILES string of the molecule is O=C1CCOc2c(SBr)cccc21. The minimum Gasteiger partial charge on any atom is -0.491 e. The highest BCUT2D eigenvalue weighted by molar-refractivity contribution is 9.50. The smallest absolute Gasteiger partial charge is 0.170 e. The molecule has 2 rings (SSSR count). The molecular weight excluding hydrogens is 252 g/mol. The normalized spacial score (nSPS) is 15.0. The van der Waals surface area contributed by atoms with Crippen LogP contribution in [-0.4, -0.2) is 12.4 Å². The van der Waals surface area contributed by atoms with Crippen molar-refractivity contribution in [3.05, 3.63) is 23.8 Å². The number of halogens is 1. The van der Waals surface area contributed by atoms with Gasteiger partial charge in [-0.1, -0.05) is 6.07 Å². The van der Waals surface area contributed by atoms with E-state index in [0.717, 1.165) is 10.6 Å². The van der Waals surface area contributed by atoms with Gasteiger partial charge in [-0.05, 0) is 37.1 Å². The van der Waals surface area contributed by atoms with Crippen molar-refractivity contribution in [2.45, 2.75) is 11.3 Å². The standard InChI is InChI=1S/C9H7BrO2S/c10-13-8-3-1-2-6-7(11)4-5-12-9(6)8/h1-3H,4-5H2. The first-order chi connectivity index (χ1) is 6.33. The van der Waals surface area contributed by atoms with Crippen LogP contribution in [0.15, 0.2) is 23.1 Å². The van der Waals surface area contributed by atoms with Crippen LogP contribution in [0.3, 0.4) is 0 Å². The molecule has 0 spiro atoms. The lowest BCUT2D eigenvalue weighted by Gasteiger charge is -2.17. The summed E-state index contributed by atoms with van der Waals surface area (Å²) >= 11 is 3.28. The fourth-order valence-electron chi connectivity index (χ4n) is 1.33. The maximum Gasteiger partial charge on any atom is 0.170 e. The second kappa shape index (κ2) is 3.72. The molecular formula is C9H7BrO2S. The Hall–Kier alpha value is -0.480. The van der Waals surface area contributed by atoms with Crippen molar-refractivity contribution in [1.29, 1.82) is 0 Å². The third-order valence-corrected chi connectivity index (χ3v) is 3.47. The summed E-state index contributed by atoms with van der Waals surface area (Å²) in [6, 6.07) is 5.61. The second-order valence-corrected chi connectivity index (χ2v) is 4.30. The molecule has 0 N–H and O–H groups in total. The maximum atomic E-state index is 11.4. The predicted octanol–water partition coefficient (Wildman–Crippen LogP) is 3.05. The molecule has 0 aliphatic carbocycles. The molecule has 0 fully saturated rings. The second-order valence-electron chi connectivity index (χ2n) is 2.73. The number of rotatable bonds is 1. The van der Waals surface area contributed by atoms with E-state index in [0.29, 0.717) is 18.6 Å². The van der Waals surface area contributed by atoms with Crippen LogP contribution in [0.1, 0.15) is 16.8 Å². The van der Waals surface area contributed by atoms with Gasteiger partial charge in [-0.3, -0.25) is 4.79 Å². The van der Waals surface area contributed by atoms with Gasteiger partial charge in [-0.15, -0.1) is 0 Å². The summed E-state index contributed by atoms with van der Waals surface area (Å²) in [6.07, 6.45) is 0.489. The van der Waals surface area contributed by atoms with Crippen LogP contribution < -0.4 is 4.74 Å². The molecule has 0 atom stereocenters. The molecule has 1 aliphatic rings. The molecule has 1 heterocycles. The molecule has 0 aromatic heterocycles. The zero-order valence-electron chi connectivity index (χ0n) is 6.75. The quantitative estimate of drug-likeness (QED) is 0.775. The Balaban J connectivity index is 2.54. The number of hydrogen-bond acceptors (Lipinski definition) is 3. The highest BCUT2D eigenvalue weighted by Crippen LogP contribution is 2.38. The molecule has 68 valence electrons. The van der Waals surface area contributed by atoms with Gasteiger partial charge in [0.25, 0.3) is 0 Å². The predicted molar refractivity (Wildman–Crippen MR) is 55.7 cm³/mol. The van der Waals surface area contributed by atoms with Crippen molar-refractivity contribution < 1.29 is 9.53 Å². The van der Waals surface area contributed by atoms with E-state index in [1.54, 1.807) is 0 Å². The van der Waals surface area contributed by atoms with Crippen molar-refractivity contribution in [3.8, 4) is 5.75 Å². The first kappa shape index (κ1) is 9.09. The highest BCUT2D eigenvalue weighted by Gasteiger charge is 2.20. The average Bonchev–Trinajstić information content (AvgIpc) is 2.18. The van der Waals surface area contributed by atoms with Crippen molar-refractivity contribution in [1.82, 2.24) is 0 Å². The van der Waals surface area contributed by atoms with Gasteiger partial charge < -0.3 is 4.74 Å². The molecule has 0 saturated heterocycles. The van der Waals surface area contributed by atoms with E-state index >= 15 is 0 Å². The Kier molecular flexibility index (Phi) is 2.60. The Morgan fingerprint density at radius 2 is 2.31 bits per heavy atom. The molecule has 1 aliphatic heterocycles. The number of para-hydroxylation sites is 1. The molecule has 1 aromatic carbocycles. The van der Waals surface area contributed by atoms with Gasteiger partial charge in [-0.2, -0.15) is 0 Å². The topological polar surface area (TPSA) is 26.3 Å². The summed E-state index contributed by atoms with van der Waals surface area (Å²) in [5, 5.41) is 0. The molecule has 1 aromatic rings. The summed E-state index contributed by atoms with van der Waals surface area (Å²) in [4.78, 5) is 12.4. The first-order valence-electron chi connectivity index (χ1n) is 3.90. The number of Topliss-reactive ketones (excluding diaryl/α,β-unsaturated/α-hetero) is 1. The molecule has 0 unspecified atom stereocenters. The van der Waals surface area contributed by atoms with Gasteiger partial charge in [0, 0.05) is 6.42 Å². The minimum atomic E-state index is 0.171. The number of ketones is 1. The van der Waals surface area contributed by atoms with E-state index in [4.69, 9.17) is 4.74 Å². The fourth-order valence-corrected chi connectivity index (χ4v) is 2.46. The van der Waals surface area contributed by atoms with Crippen LogP contribution in [-0.2, 0) is 0 Å². The summed E-state index contributed by atoms with van der Waals surface area (Å²) in [6.45, 7) is 0.496. The van der Waals surface area contributed by atoms with E-state index in [2.05, 4.69) is 14.8 Å². The molecule has 0 bridgehead atoms. The molecule has 4 heteroatoms. The first-order valence-corrected chi connectivity index (χ1v) is 6.56. The van der Waals surface area contributed by atoms with Crippen LogP contribution in [0.5, 0.6) is 5.75 Å². The number of hydrogen-bond donors (Lipinski definition) is 0. The number of carbonyl (C=O) groups is 1. The number of fused-ring (bicyclic) bond motifs is 1. The molecule has 0 saturated carbocycles. The van der Waals surface area contributed by atoms with E-state index in [1.165, 1.54) is 10.2 Å². The fraction of sp³-hybridized carbons (Fsp3) is 0.222. The van der Waals surface area contributed by atoms with Crippen molar-refractivity contribution in [3.63, 3.8) is 0 Å². The molecule has 13 heavy (non-hydrogen) atoms. The minimum absolute atomic E-state index is 0.171. The van der Waals surface area contributed by atoms with E-state index in [1.807, 2.05) is 18.2 Å². The summed E-state index contributed by atoms with van der Waals surface area (Å²) in [7, 11) is 1.42. The monoisotopic (exact) mass is 258 g/mol. The van der Waals surface area contributed by atoms with Gasteiger partial charge in [-0.25, -0.2) is 0 Å². The molecule has 0 radical (unpaired) electrons. The highest BCUT2D eigenvalue weighted by atomic mass is 79.9. The third kappa shape index (κ3) is 1.60. The van der Waals surface area contributed by atoms with Gasteiger partial charge in [0.15, 0.2) is 5.78 Å². The number of carbonyl (C=O) groups excluding carboxylic acids is 1. The maximum absolute atomic E-state index is 11.4. The lowest BCUT2D eigenvalue weighted by atomic mass is 10.1. The Bertz CT molecular complexity index is 351. The van der Waals surface area contributed by atoms with Crippen LogP contribution in [0.2, 0.25) is 0 Å². The summed E-state index contributed by atoms with van der Waals surface area (Å²) in [5.41, 5.74) is 0.704. The average molecular weight is 259 g/mol. The zero-order valence-corrected chi connectivity index (χ0v) is 9.15. The van der Waals surface area contributed by atoms with Crippen molar-refractivity contribution >= 4 is 30.8 Å². The number of ether oxygens (including phenoxy) is 1. The van der Waals surface area contributed by atoms with Gasteiger partial charge in [0.05, 0.1) is 17.1 Å². The largest absolute Gasteiger partial charge is 0.491 e. The Morgan fingerprint density at radius 3 is 3.08 bits per heavy atom. The lowest BCUT2D eigenvalue weighted by Crippen LogP contribution is -2.15. The van der Waals surface area contributed by atoms with Crippen LogP contribution in [0, 0.1) is 0 Å². The lowest BCUT2D eigenvalue weighted by molar-refractivity contribution is 0.0931. The Morgan fingerprint density at radius 1 is 1.46 bits per heavy atom.